The minimum atomic E-state index is -0.204. The predicted octanol–water partition coefficient (Wildman–Crippen LogP) is 5.30. The van der Waals surface area contributed by atoms with Gasteiger partial charge in [-0.3, -0.25) is 9.69 Å². The van der Waals surface area contributed by atoms with E-state index in [2.05, 4.69) is 10.2 Å². The number of thioether (sulfide) groups is 1. The second kappa shape index (κ2) is 8.88. The molecule has 0 spiro atoms. The molecule has 2 heterocycles. The minimum Gasteiger partial charge on any atom is -0.489 e. The minimum absolute atomic E-state index is 0.0461. The molecule has 0 saturated heterocycles. The van der Waals surface area contributed by atoms with Gasteiger partial charge < -0.3 is 9.15 Å². The number of fused-ring (bicyclic) bond motifs is 1. The van der Waals surface area contributed by atoms with Crippen LogP contribution in [0.25, 0.3) is 11.5 Å². The highest BCUT2D eigenvalue weighted by Crippen LogP contribution is 2.40. The Morgan fingerprint density at radius 2 is 1.75 bits per heavy atom. The summed E-state index contributed by atoms with van der Waals surface area (Å²) in [5, 5.41) is 8.65. The molecule has 4 aromatic rings. The van der Waals surface area contributed by atoms with E-state index in [1.165, 1.54) is 11.8 Å². The van der Waals surface area contributed by atoms with Gasteiger partial charge in [0.25, 0.3) is 5.22 Å². The monoisotopic (exact) mass is 443 g/mol. The van der Waals surface area contributed by atoms with E-state index in [1.807, 2.05) is 90.7 Å². The van der Waals surface area contributed by atoms with Gasteiger partial charge in [-0.1, -0.05) is 72.4 Å². The fourth-order valence-electron chi connectivity index (χ4n) is 3.80. The number of carbonyl (C=O) groups excluding carboxylic acids is 1. The fraction of sp³-hybridized carbons (Fsp3) is 0.160. The van der Waals surface area contributed by atoms with Gasteiger partial charge in [0.15, 0.2) is 0 Å². The first-order valence-electron chi connectivity index (χ1n) is 10.3. The molecule has 1 atom stereocenters. The van der Waals surface area contributed by atoms with Crippen molar-refractivity contribution >= 4 is 23.4 Å². The van der Waals surface area contributed by atoms with Gasteiger partial charge in [-0.2, -0.15) is 0 Å². The standard InChI is InChI=1S/C25H21N3O3S/c1-17-9-5-6-12-19(17)24-26-27-25(31-24)32-16-23(29)28-20-13-7-8-14-22(20)30-15-21(28)18-10-3-2-4-11-18/h2-14,21H,15-16H2,1H3. The van der Waals surface area contributed by atoms with Crippen molar-refractivity contribution in [2.45, 2.75) is 18.2 Å². The second-order valence-corrected chi connectivity index (χ2v) is 8.37. The van der Waals surface area contributed by atoms with Crippen molar-refractivity contribution in [2.75, 3.05) is 17.3 Å². The number of amides is 1. The zero-order valence-electron chi connectivity index (χ0n) is 17.5. The number of para-hydroxylation sites is 2. The number of hydrogen-bond donors (Lipinski definition) is 0. The highest BCUT2D eigenvalue weighted by molar-refractivity contribution is 7.99. The van der Waals surface area contributed by atoms with Crippen LogP contribution >= 0.6 is 11.8 Å². The highest BCUT2D eigenvalue weighted by Gasteiger charge is 2.33. The van der Waals surface area contributed by atoms with Crippen molar-refractivity contribution in [1.29, 1.82) is 0 Å². The number of nitrogens with zero attached hydrogens (tertiary/aromatic N) is 3. The van der Waals surface area contributed by atoms with Crippen LogP contribution in [0.3, 0.4) is 0 Å². The number of aromatic nitrogens is 2. The second-order valence-electron chi connectivity index (χ2n) is 7.45. The first-order chi connectivity index (χ1) is 15.7. The number of carbonyl (C=O) groups is 1. The molecule has 1 aromatic heterocycles. The Morgan fingerprint density at radius 3 is 2.59 bits per heavy atom. The third kappa shape index (κ3) is 3.99. The summed E-state index contributed by atoms with van der Waals surface area (Å²) in [6, 6.07) is 25.2. The average molecular weight is 444 g/mol. The average Bonchev–Trinajstić information content (AvgIpc) is 3.31. The van der Waals surface area contributed by atoms with E-state index in [0.717, 1.165) is 22.4 Å². The Kier molecular flexibility index (Phi) is 5.64. The van der Waals surface area contributed by atoms with Gasteiger partial charge in [-0.25, -0.2) is 0 Å². The van der Waals surface area contributed by atoms with E-state index < -0.39 is 0 Å². The third-order valence-corrected chi connectivity index (χ3v) is 6.19. The molecule has 1 aliphatic rings. The van der Waals surface area contributed by atoms with Crippen LogP contribution in [0.1, 0.15) is 17.2 Å². The van der Waals surface area contributed by atoms with Gasteiger partial charge in [0.2, 0.25) is 11.8 Å². The van der Waals surface area contributed by atoms with Gasteiger partial charge in [0, 0.05) is 5.56 Å². The molecule has 5 rings (SSSR count). The predicted molar refractivity (Wildman–Crippen MR) is 124 cm³/mol. The lowest BCUT2D eigenvalue weighted by Crippen LogP contribution is -2.42. The van der Waals surface area contributed by atoms with Crippen molar-refractivity contribution in [3.63, 3.8) is 0 Å². The van der Waals surface area contributed by atoms with Crippen LogP contribution < -0.4 is 9.64 Å². The molecule has 1 amide bonds. The van der Waals surface area contributed by atoms with E-state index in [-0.39, 0.29) is 17.7 Å². The fourth-order valence-corrected chi connectivity index (χ4v) is 4.42. The molecular weight excluding hydrogens is 422 g/mol. The number of rotatable bonds is 5. The van der Waals surface area contributed by atoms with Crippen LogP contribution in [0.5, 0.6) is 5.75 Å². The van der Waals surface area contributed by atoms with Gasteiger partial charge in [-0.05, 0) is 36.2 Å². The Balaban J connectivity index is 1.37. The molecule has 0 aliphatic carbocycles. The van der Waals surface area contributed by atoms with E-state index in [4.69, 9.17) is 9.15 Å². The van der Waals surface area contributed by atoms with Gasteiger partial charge in [-0.15, -0.1) is 10.2 Å². The van der Waals surface area contributed by atoms with E-state index in [9.17, 15) is 4.79 Å². The lowest BCUT2D eigenvalue weighted by atomic mass is 10.0. The van der Waals surface area contributed by atoms with Crippen molar-refractivity contribution in [1.82, 2.24) is 10.2 Å². The van der Waals surface area contributed by atoms with Crippen molar-refractivity contribution < 1.29 is 13.9 Å². The van der Waals surface area contributed by atoms with Crippen LogP contribution in [0.2, 0.25) is 0 Å². The van der Waals surface area contributed by atoms with Crippen molar-refractivity contribution in [2.24, 2.45) is 0 Å². The molecule has 1 unspecified atom stereocenters. The van der Waals surface area contributed by atoms with Gasteiger partial charge in [0.05, 0.1) is 17.5 Å². The molecule has 0 radical (unpaired) electrons. The van der Waals surface area contributed by atoms with Crippen LogP contribution in [0, 0.1) is 6.92 Å². The van der Waals surface area contributed by atoms with Crippen LogP contribution in [0.15, 0.2) is 88.5 Å². The molecule has 160 valence electrons. The Bertz CT molecular complexity index is 1240. The molecule has 1 aliphatic heterocycles. The zero-order chi connectivity index (χ0) is 21.9. The molecule has 0 N–H and O–H groups in total. The summed E-state index contributed by atoms with van der Waals surface area (Å²) in [7, 11) is 0. The maximum absolute atomic E-state index is 13.4. The van der Waals surface area contributed by atoms with Crippen molar-refractivity contribution in [3.8, 4) is 17.2 Å². The summed E-state index contributed by atoms with van der Waals surface area (Å²) in [6.45, 7) is 2.39. The summed E-state index contributed by atoms with van der Waals surface area (Å²) >= 11 is 1.24. The zero-order valence-corrected chi connectivity index (χ0v) is 18.3. The molecule has 7 heteroatoms. The summed E-state index contributed by atoms with van der Waals surface area (Å²) < 4.78 is 11.8. The summed E-state index contributed by atoms with van der Waals surface area (Å²) in [6.07, 6.45) is 0. The smallest absolute Gasteiger partial charge is 0.277 e. The lowest BCUT2D eigenvalue weighted by Gasteiger charge is -2.37. The molecular formula is C25H21N3O3S. The topological polar surface area (TPSA) is 68.5 Å². The summed E-state index contributed by atoms with van der Waals surface area (Å²) in [5.74, 6) is 1.29. The molecule has 3 aromatic carbocycles. The summed E-state index contributed by atoms with van der Waals surface area (Å²) in [4.78, 5) is 15.2. The molecule has 0 bridgehead atoms. The normalized spacial score (nSPS) is 15.2. The maximum Gasteiger partial charge on any atom is 0.277 e. The number of aryl methyl sites for hydroxylation is 1. The van der Waals surface area contributed by atoms with Crippen LogP contribution in [-0.2, 0) is 4.79 Å². The number of ether oxygens (including phenoxy) is 1. The molecule has 6 nitrogen and oxygen atoms in total. The van der Waals surface area contributed by atoms with Crippen LogP contribution in [-0.4, -0.2) is 28.5 Å². The Hall–Kier alpha value is -3.58. The Labute approximate surface area is 190 Å². The number of hydrogen-bond acceptors (Lipinski definition) is 6. The van der Waals surface area contributed by atoms with Gasteiger partial charge >= 0.3 is 0 Å². The molecule has 32 heavy (non-hydrogen) atoms. The first kappa shape index (κ1) is 20.3. The third-order valence-electron chi connectivity index (χ3n) is 5.39. The van der Waals surface area contributed by atoms with Crippen molar-refractivity contribution in [3.05, 3.63) is 90.0 Å². The Morgan fingerprint density at radius 1 is 1.00 bits per heavy atom. The molecule has 0 saturated carbocycles. The molecule has 0 fully saturated rings. The quantitative estimate of drug-likeness (QED) is 0.390. The largest absolute Gasteiger partial charge is 0.489 e. The summed E-state index contributed by atoms with van der Waals surface area (Å²) in [5.41, 5.74) is 3.74. The van der Waals surface area contributed by atoms with Gasteiger partial charge in [0.1, 0.15) is 12.4 Å². The number of anilines is 1. The van der Waals surface area contributed by atoms with E-state index in [0.29, 0.717) is 23.5 Å². The maximum atomic E-state index is 13.4. The van der Waals surface area contributed by atoms with Crippen LogP contribution in [0.4, 0.5) is 5.69 Å². The SMILES string of the molecule is Cc1ccccc1-c1nnc(SCC(=O)N2c3ccccc3OCC2c2ccccc2)o1. The van der Waals surface area contributed by atoms with E-state index >= 15 is 0 Å². The first-order valence-corrected chi connectivity index (χ1v) is 11.3. The highest BCUT2D eigenvalue weighted by atomic mass is 32.2. The number of benzene rings is 3. The van der Waals surface area contributed by atoms with E-state index in [1.54, 1.807) is 0 Å². The lowest BCUT2D eigenvalue weighted by molar-refractivity contribution is -0.117.